The largest absolute Gasteiger partial charge is 0.395 e. The Balaban J connectivity index is 1.49. The van der Waals surface area contributed by atoms with Crippen LogP contribution in [0, 0.1) is 18.8 Å². The van der Waals surface area contributed by atoms with Crippen molar-refractivity contribution < 1.29 is 14.5 Å². The van der Waals surface area contributed by atoms with E-state index in [1.165, 1.54) is 19.3 Å². The Hall–Kier alpha value is -1.47. The molecule has 0 unspecified atom stereocenters. The molecule has 24 heavy (non-hydrogen) atoms. The number of amides is 1. The number of hydrogen-bond donors (Lipinski definition) is 1. The van der Waals surface area contributed by atoms with E-state index in [0.717, 1.165) is 26.1 Å². The average Bonchev–Trinajstić information content (AvgIpc) is 3.00. The van der Waals surface area contributed by atoms with Crippen molar-refractivity contribution in [2.24, 2.45) is 11.8 Å². The zero-order chi connectivity index (χ0) is 16.7. The molecule has 3 saturated heterocycles. The number of fused-ring (bicyclic) bond motifs is 4. The lowest BCUT2D eigenvalue weighted by Crippen LogP contribution is -2.65. The highest BCUT2D eigenvalue weighted by atomic mass is 16.6. The number of rotatable bonds is 3. The molecule has 1 N–H and O–H groups in total. The summed E-state index contributed by atoms with van der Waals surface area (Å²) in [6, 6.07) is 0.732. The number of nitrogens with zero attached hydrogens (tertiary/aromatic N) is 4. The lowest BCUT2D eigenvalue weighted by Gasteiger charge is -2.56. The fourth-order valence-corrected chi connectivity index (χ4v) is 5.03. The molecule has 2 bridgehead atoms. The van der Waals surface area contributed by atoms with Crippen molar-refractivity contribution in [3.05, 3.63) is 11.4 Å². The topological polar surface area (TPSA) is 82.7 Å². The summed E-state index contributed by atoms with van der Waals surface area (Å²) in [7, 11) is 0. The van der Waals surface area contributed by atoms with Crippen molar-refractivity contribution in [2.75, 3.05) is 26.2 Å². The molecule has 4 rings (SSSR count). The number of likely N-dealkylation sites (tertiary alicyclic amines) is 1. The molecule has 132 valence electrons. The first-order valence-electron chi connectivity index (χ1n) is 9.09. The van der Waals surface area contributed by atoms with Gasteiger partial charge in [0.2, 0.25) is 5.91 Å². The molecule has 7 heteroatoms. The van der Waals surface area contributed by atoms with E-state index < -0.39 is 0 Å². The summed E-state index contributed by atoms with van der Waals surface area (Å²) in [6.45, 7) is 4.68. The van der Waals surface area contributed by atoms with Crippen LogP contribution in [0.15, 0.2) is 4.63 Å². The molecule has 3 aliphatic rings. The zero-order valence-electron chi connectivity index (χ0n) is 14.2. The summed E-state index contributed by atoms with van der Waals surface area (Å²) in [5.41, 5.74) is 1.32. The van der Waals surface area contributed by atoms with E-state index in [9.17, 15) is 9.90 Å². The highest BCUT2D eigenvalue weighted by Gasteiger charge is 2.47. The summed E-state index contributed by atoms with van der Waals surface area (Å²) in [4.78, 5) is 17.3. The van der Waals surface area contributed by atoms with Crippen LogP contribution in [0.25, 0.3) is 0 Å². The van der Waals surface area contributed by atoms with Crippen LogP contribution in [0.5, 0.6) is 0 Å². The van der Waals surface area contributed by atoms with Gasteiger partial charge in [0.05, 0.1) is 13.0 Å². The van der Waals surface area contributed by atoms with Crippen molar-refractivity contribution in [1.29, 1.82) is 0 Å². The van der Waals surface area contributed by atoms with Gasteiger partial charge < -0.3 is 10.0 Å². The molecular weight excluding hydrogens is 308 g/mol. The maximum absolute atomic E-state index is 12.7. The fraction of sp³-hybridized carbons (Fsp3) is 0.824. The molecule has 0 spiro atoms. The summed E-state index contributed by atoms with van der Waals surface area (Å²) in [5, 5.41) is 17.5. The number of carbonyl (C=O) groups is 1. The molecule has 0 radical (unpaired) electrons. The van der Waals surface area contributed by atoms with Crippen LogP contribution < -0.4 is 0 Å². The molecule has 1 aromatic heterocycles. The van der Waals surface area contributed by atoms with Crippen molar-refractivity contribution in [2.45, 2.75) is 51.1 Å². The van der Waals surface area contributed by atoms with E-state index in [1.54, 1.807) is 0 Å². The van der Waals surface area contributed by atoms with E-state index in [4.69, 9.17) is 4.63 Å². The molecular formula is C17H26N4O3. The SMILES string of the molecule is Cc1nonc1CC(=O)N1C[C@H]2C[C@@H](C1)[C@H](CO)N1CCCC[C@@H]21. The Morgan fingerprint density at radius 2 is 2.12 bits per heavy atom. The standard InChI is InChI=1S/C17H26N4O3/c1-11-14(19-24-18-11)7-17(23)20-8-12-6-13(9-20)16(10-22)21-5-3-2-4-15(12)21/h12-13,15-16,22H,2-10H2,1H3/t12-,13+,15+,16+/m1/s1. The minimum atomic E-state index is 0.101. The molecule has 0 aromatic carbocycles. The van der Waals surface area contributed by atoms with Gasteiger partial charge in [-0.05, 0) is 44.6 Å². The third-order valence-electron chi connectivity index (χ3n) is 6.23. The van der Waals surface area contributed by atoms with Crippen LogP contribution in [0.4, 0.5) is 0 Å². The van der Waals surface area contributed by atoms with Gasteiger partial charge in [-0.25, -0.2) is 4.63 Å². The maximum Gasteiger partial charge on any atom is 0.228 e. The van der Waals surface area contributed by atoms with Gasteiger partial charge in [0.1, 0.15) is 11.4 Å². The number of hydrogen-bond acceptors (Lipinski definition) is 6. The van der Waals surface area contributed by atoms with E-state index in [-0.39, 0.29) is 25.0 Å². The zero-order valence-corrected chi connectivity index (χ0v) is 14.2. The van der Waals surface area contributed by atoms with Crippen LogP contribution in [-0.4, -0.2) is 69.5 Å². The molecule has 0 saturated carbocycles. The van der Waals surface area contributed by atoms with Crippen LogP contribution in [-0.2, 0) is 11.2 Å². The van der Waals surface area contributed by atoms with Crippen molar-refractivity contribution in [3.8, 4) is 0 Å². The fourth-order valence-electron chi connectivity index (χ4n) is 5.03. The van der Waals surface area contributed by atoms with Gasteiger partial charge in [-0.15, -0.1) is 0 Å². The quantitative estimate of drug-likeness (QED) is 0.872. The predicted molar refractivity (Wildman–Crippen MR) is 86.1 cm³/mol. The lowest BCUT2D eigenvalue weighted by atomic mass is 9.72. The van der Waals surface area contributed by atoms with Gasteiger partial charge in [0.15, 0.2) is 0 Å². The number of aliphatic hydroxyl groups excluding tert-OH is 1. The summed E-state index contributed by atoms with van der Waals surface area (Å²) in [6.07, 6.45) is 5.08. The van der Waals surface area contributed by atoms with Crippen molar-refractivity contribution >= 4 is 5.91 Å². The van der Waals surface area contributed by atoms with Crippen LogP contribution >= 0.6 is 0 Å². The third-order valence-corrected chi connectivity index (χ3v) is 6.23. The second-order valence-electron chi connectivity index (χ2n) is 7.58. The molecule has 4 atom stereocenters. The Kier molecular flexibility index (Phi) is 4.30. The average molecular weight is 334 g/mol. The predicted octanol–water partition coefficient (Wildman–Crippen LogP) is 0.614. The Morgan fingerprint density at radius 1 is 1.29 bits per heavy atom. The molecule has 1 aromatic rings. The van der Waals surface area contributed by atoms with Crippen LogP contribution in [0.2, 0.25) is 0 Å². The Bertz CT molecular complexity index is 590. The summed E-state index contributed by atoms with van der Waals surface area (Å²) >= 11 is 0. The Morgan fingerprint density at radius 3 is 2.88 bits per heavy atom. The van der Waals surface area contributed by atoms with Gasteiger partial charge >= 0.3 is 0 Å². The Labute approximate surface area is 141 Å². The minimum absolute atomic E-state index is 0.101. The second-order valence-corrected chi connectivity index (χ2v) is 7.58. The third kappa shape index (κ3) is 2.73. The minimum Gasteiger partial charge on any atom is -0.395 e. The smallest absolute Gasteiger partial charge is 0.228 e. The summed E-state index contributed by atoms with van der Waals surface area (Å²) in [5.74, 6) is 1.01. The molecule has 0 aliphatic carbocycles. The van der Waals surface area contributed by atoms with Gasteiger partial charge in [-0.1, -0.05) is 16.7 Å². The monoisotopic (exact) mass is 334 g/mol. The molecule has 3 aliphatic heterocycles. The van der Waals surface area contributed by atoms with E-state index in [2.05, 4.69) is 15.2 Å². The number of piperidine rings is 3. The first-order chi connectivity index (χ1) is 11.7. The van der Waals surface area contributed by atoms with E-state index in [0.29, 0.717) is 29.3 Å². The first-order valence-corrected chi connectivity index (χ1v) is 9.09. The van der Waals surface area contributed by atoms with Gasteiger partial charge in [-0.3, -0.25) is 9.69 Å². The number of aliphatic hydroxyl groups is 1. The van der Waals surface area contributed by atoms with Crippen LogP contribution in [0.3, 0.4) is 0 Å². The van der Waals surface area contributed by atoms with Crippen LogP contribution in [0.1, 0.15) is 37.1 Å². The summed E-state index contributed by atoms with van der Waals surface area (Å²) < 4.78 is 4.70. The van der Waals surface area contributed by atoms with Crippen molar-refractivity contribution in [1.82, 2.24) is 20.1 Å². The lowest BCUT2D eigenvalue weighted by molar-refractivity contribution is -0.141. The molecule has 4 heterocycles. The number of aromatic nitrogens is 2. The van der Waals surface area contributed by atoms with E-state index in [1.807, 2.05) is 11.8 Å². The van der Waals surface area contributed by atoms with Gasteiger partial charge in [0, 0.05) is 25.2 Å². The molecule has 7 nitrogen and oxygen atoms in total. The number of aryl methyl sites for hydroxylation is 1. The highest BCUT2D eigenvalue weighted by molar-refractivity contribution is 5.78. The molecule has 3 fully saturated rings. The first kappa shape index (κ1) is 16.0. The number of carbonyl (C=O) groups excluding carboxylic acids is 1. The molecule has 1 amide bonds. The highest BCUT2D eigenvalue weighted by Crippen LogP contribution is 2.41. The van der Waals surface area contributed by atoms with Gasteiger partial charge in [0.25, 0.3) is 0 Å². The second kappa shape index (κ2) is 6.44. The van der Waals surface area contributed by atoms with Gasteiger partial charge in [-0.2, -0.15) is 0 Å². The maximum atomic E-state index is 12.7. The van der Waals surface area contributed by atoms with Crippen molar-refractivity contribution in [3.63, 3.8) is 0 Å². The van der Waals surface area contributed by atoms with E-state index >= 15 is 0 Å². The normalized spacial score (nSPS) is 33.3.